The van der Waals surface area contributed by atoms with E-state index in [-0.39, 0.29) is 12.5 Å². The fourth-order valence-electron chi connectivity index (χ4n) is 2.98. The number of rotatable bonds is 18. The summed E-state index contributed by atoms with van der Waals surface area (Å²) in [5, 5.41) is 2.62. The molecule has 1 unspecified atom stereocenters. The van der Waals surface area contributed by atoms with Gasteiger partial charge in [0.05, 0.1) is 7.11 Å². The summed E-state index contributed by atoms with van der Waals surface area (Å²) in [5.41, 5.74) is 5.46. The number of allylic oxidation sites excluding steroid dienone is 2. The average Bonchev–Trinajstić information content (AvgIpc) is 2.68. The Morgan fingerprint density at radius 3 is 1.93 bits per heavy atom. The van der Waals surface area contributed by atoms with Crippen molar-refractivity contribution in [2.45, 2.75) is 103 Å². The van der Waals surface area contributed by atoms with Crippen LogP contribution in [0.25, 0.3) is 0 Å². The molecular formula is C22H42N2O3. The summed E-state index contributed by atoms with van der Waals surface area (Å²) in [7, 11) is 1.29. The van der Waals surface area contributed by atoms with E-state index in [1.54, 1.807) is 0 Å². The first-order valence-corrected chi connectivity index (χ1v) is 10.9. The number of amides is 1. The summed E-state index contributed by atoms with van der Waals surface area (Å²) in [5.74, 6) is -0.621. The zero-order valence-corrected chi connectivity index (χ0v) is 17.6. The van der Waals surface area contributed by atoms with Crippen molar-refractivity contribution in [2.75, 3.05) is 13.7 Å². The van der Waals surface area contributed by atoms with Crippen LogP contribution in [0.4, 0.5) is 0 Å². The molecule has 0 aromatic rings. The number of hydrogen-bond donors (Lipinski definition) is 2. The van der Waals surface area contributed by atoms with Gasteiger partial charge in [0.25, 0.3) is 0 Å². The Hall–Kier alpha value is -1.36. The minimum Gasteiger partial charge on any atom is -0.467 e. The molecule has 0 radical (unpaired) electrons. The number of methoxy groups -OCH3 is 1. The number of carbonyl (C=O) groups excluding carboxylic acids is 2. The second-order valence-corrected chi connectivity index (χ2v) is 7.21. The fraction of sp³-hybridized carbons (Fsp3) is 0.818. The summed E-state index contributed by atoms with van der Waals surface area (Å²) in [6.07, 6.45) is 21.1. The lowest BCUT2D eigenvalue weighted by Crippen LogP contribution is -2.46. The van der Waals surface area contributed by atoms with Gasteiger partial charge in [0.2, 0.25) is 5.91 Å². The van der Waals surface area contributed by atoms with Gasteiger partial charge in [-0.3, -0.25) is 4.79 Å². The van der Waals surface area contributed by atoms with Crippen LogP contribution in [0.1, 0.15) is 96.8 Å². The van der Waals surface area contributed by atoms with Gasteiger partial charge in [-0.1, -0.05) is 70.4 Å². The second kappa shape index (κ2) is 19.4. The molecule has 1 amide bonds. The Labute approximate surface area is 166 Å². The molecule has 0 rings (SSSR count). The molecule has 1 atom stereocenters. The minimum absolute atomic E-state index is 0.0603. The zero-order valence-electron chi connectivity index (χ0n) is 17.6. The second-order valence-electron chi connectivity index (χ2n) is 7.21. The van der Waals surface area contributed by atoms with Crippen LogP contribution in [0.15, 0.2) is 12.2 Å². The van der Waals surface area contributed by atoms with Crippen LogP contribution in [-0.2, 0) is 14.3 Å². The third-order valence-electron chi connectivity index (χ3n) is 4.72. The Morgan fingerprint density at radius 2 is 1.41 bits per heavy atom. The van der Waals surface area contributed by atoms with Gasteiger partial charge in [-0.15, -0.1) is 0 Å². The Morgan fingerprint density at radius 1 is 0.889 bits per heavy atom. The summed E-state index contributed by atoms with van der Waals surface area (Å²) in [6, 6.07) is -0.731. The van der Waals surface area contributed by atoms with Gasteiger partial charge >= 0.3 is 5.97 Å². The lowest BCUT2D eigenvalue weighted by molar-refractivity contribution is -0.144. The molecule has 0 spiro atoms. The van der Waals surface area contributed by atoms with Crippen molar-refractivity contribution in [3.8, 4) is 0 Å². The predicted octanol–water partition coefficient (Wildman–Crippen LogP) is 4.64. The van der Waals surface area contributed by atoms with Crippen LogP contribution in [0.2, 0.25) is 0 Å². The quantitative estimate of drug-likeness (QED) is 0.205. The Balaban J connectivity index is 3.42. The van der Waals surface area contributed by atoms with Gasteiger partial charge in [-0.2, -0.15) is 0 Å². The number of nitrogens with one attached hydrogen (secondary N) is 1. The van der Waals surface area contributed by atoms with Crippen LogP contribution < -0.4 is 11.1 Å². The van der Waals surface area contributed by atoms with E-state index in [4.69, 9.17) is 5.73 Å². The Kier molecular flexibility index (Phi) is 18.4. The monoisotopic (exact) mass is 382 g/mol. The molecule has 0 aliphatic rings. The lowest BCUT2D eigenvalue weighted by Gasteiger charge is -2.14. The van der Waals surface area contributed by atoms with Crippen molar-refractivity contribution < 1.29 is 14.3 Å². The molecular weight excluding hydrogens is 340 g/mol. The highest BCUT2D eigenvalue weighted by atomic mass is 16.5. The number of unbranched alkanes of at least 4 members (excludes halogenated alkanes) is 11. The van der Waals surface area contributed by atoms with Gasteiger partial charge in [0.1, 0.15) is 6.04 Å². The molecule has 158 valence electrons. The molecule has 0 aliphatic heterocycles. The molecule has 0 aliphatic carbocycles. The van der Waals surface area contributed by atoms with Crippen molar-refractivity contribution in [2.24, 2.45) is 5.73 Å². The maximum Gasteiger partial charge on any atom is 0.329 e. The Bertz CT molecular complexity index is 397. The summed E-state index contributed by atoms with van der Waals surface area (Å²) >= 11 is 0. The van der Waals surface area contributed by atoms with Crippen molar-refractivity contribution in [1.82, 2.24) is 5.32 Å². The summed E-state index contributed by atoms with van der Waals surface area (Å²) < 4.78 is 4.60. The molecule has 3 N–H and O–H groups in total. The molecule has 0 aromatic heterocycles. The van der Waals surface area contributed by atoms with Crippen LogP contribution in [-0.4, -0.2) is 31.6 Å². The molecule has 0 saturated heterocycles. The van der Waals surface area contributed by atoms with Gasteiger partial charge < -0.3 is 15.8 Å². The minimum atomic E-state index is -0.731. The molecule has 0 saturated carbocycles. The number of esters is 1. The molecule has 5 heteroatoms. The maximum atomic E-state index is 11.8. The normalized spacial score (nSPS) is 12.3. The highest BCUT2D eigenvalue weighted by Gasteiger charge is 2.18. The van der Waals surface area contributed by atoms with Gasteiger partial charge in [0.15, 0.2) is 0 Å². The first-order valence-electron chi connectivity index (χ1n) is 10.9. The highest BCUT2D eigenvalue weighted by Crippen LogP contribution is 2.10. The molecule has 0 bridgehead atoms. The topological polar surface area (TPSA) is 81.4 Å². The lowest BCUT2D eigenvalue weighted by atomic mass is 10.1. The largest absolute Gasteiger partial charge is 0.467 e. The van der Waals surface area contributed by atoms with E-state index in [2.05, 4.69) is 29.1 Å². The fourth-order valence-corrected chi connectivity index (χ4v) is 2.98. The predicted molar refractivity (Wildman–Crippen MR) is 112 cm³/mol. The van der Waals surface area contributed by atoms with E-state index < -0.39 is 12.0 Å². The van der Waals surface area contributed by atoms with Crippen molar-refractivity contribution in [3.63, 3.8) is 0 Å². The molecule has 5 nitrogen and oxygen atoms in total. The zero-order chi connectivity index (χ0) is 20.2. The van der Waals surface area contributed by atoms with E-state index in [1.165, 1.54) is 64.9 Å². The van der Waals surface area contributed by atoms with Crippen LogP contribution in [0, 0.1) is 0 Å². The number of nitrogens with two attached hydrogens (primary N) is 1. The number of hydrogen-bond acceptors (Lipinski definition) is 4. The van der Waals surface area contributed by atoms with Crippen molar-refractivity contribution in [1.29, 1.82) is 0 Å². The standard InChI is InChI=1S/C22H42N2O3/c1-3-4-5-6-7-8-9-10-11-12-13-14-15-16-17-18-21(25)24-20(19-23)22(26)27-2/h10-11,20H,3-9,12-19,23H2,1-2H3,(H,24,25)/b11-10-. The molecule has 0 fully saturated rings. The van der Waals surface area contributed by atoms with Crippen molar-refractivity contribution in [3.05, 3.63) is 12.2 Å². The third-order valence-corrected chi connectivity index (χ3v) is 4.72. The average molecular weight is 383 g/mol. The van der Waals surface area contributed by atoms with Crippen LogP contribution in [0.5, 0.6) is 0 Å². The third kappa shape index (κ3) is 16.5. The van der Waals surface area contributed by atoms with E-state index >= 15 is 0 Å². The number of carbonyl (C=O) groups is 2. The summed E-state index contributed by atoms with van der Waals surface area (Å²) in [6.45, 7) is 2.31. The van der Waals surface area contributed by atoms with Crippen LogP contribution in [0.3, 0.4) is 0 Å². The highest BCUT2D eigenvalue weighted by molar-refractivity contribution is 5.84. The van der Waals surface area contributed by atoms with Gasteiger partial charge in [0, 0.05) is 13.0 Å². The van der Waals surface area contributed by atoms with Gasteiger partial charge in [-0.05, 0) is 32.1 Å². The van der Waals surface area contributed by atoms with E-state index in [1.807, 2.05) is 0 Å². The smallest absolute Gasteiger partial charge is 0.329 e. The number of ether oxygens (including phenoxy) is 1. The first-order chi connectivity index (χ1) is 13.2. The first kappa shape index (κ1) is 25.6. The molecule has 27 heavy (non-hydrogen) atoms. The van der Waals surface area contributed by atoms with E-state index in [9.17, 15) is 9.59 Å². The molecule has 0 aromatic carbocycles. The van der Waals surface area contributed by atoms with E-state index in [0.29, 0.717) is 6.42 Å². The van der Waals surface area contributed by atoms with Crippen LogP contribution >= 0.6 is 0 Å². The molecule has 0 heterocycles. The SMILES string of the molecule is CCCCCCCC/C=C\CCCCCCCC(=O)NC(CN)C(=O)OC. The van der Waals surface area contributed by atoms with Gasteiger partial charge in [-0.25, -0.2) is 4.79 Å². The maximum absolute atomic E-state index is 11.8. The van der Waals surface area contributed by atoms with Crippen molar-refractivity contribution >= 4 is 11.9 Å². The van der Waals surface area contributed by atoms with E-state index in [0.717, 1.165) is 25.7 Å². The summed E-state index contributed by atoms with van der Waals surface area (Å²) in [4.78, 5) is 23.2.